The van der Waals surface area contributed by atoms with Gasteiger partial charge in [0.25, 0.3) is 0 Å². The second-order valence-electron chi connectivity index (χ2n) is 3.46. The third-order valence-corrected chi connectivity index (χ3v) is 2.35. The zero-order chi connectivity index (χ0) is 9.97. The van der Waals surface area contributed by atoms with Crippen molar-refractivity contribution in [1.29, 1.82) is 0 Å². The van der Waals surface area contributed by atoms with Gasteiger partial charge in [0.2, 0.25) is 0 Å². The normalized spacial score (nSPS) is 14.9. The first kappa shape index (κ1) is 9.07. The van der Waals surface area contributed by atoms with Crippen molar-refractivity contribution in [2.75, 3.05) is 0 Å². The lowest BCUT2D eigenvalue weighted by Crippen LogP contribution is -2.03. The van der Waals surface area contributed by atoms with Gasteiger partial charge in [0, 0.05) is 5.56 Å². The van der Waals surface area contributed by atoms with Gasteiger partial charge in [-0.2, -0.15) is 0 Å². The van der Waals surface area contributed by atoms with Crippen LogP contribution >= 0.6 is 0 Å². The van der Waals surface area contributed by atoms with Gasteiger partial charge in [-0.1, -0.05) is 30.4 Å². The Morgan fingerprint density at radius 1 is 1.36 bits per heavy atom. The monoisotopic (exact) mass is 186 g/mol. The summed E-state index contributed by atoms with van der Waals surface area (Å²) in [7, 11) is 0. The van der Waals surface area contributed by atoms with E-state index in [1.165, 1.54) is 5.56 Å². The molecule has 1 aliphatic heterocycles. The fourth-order valence-corrected chi connectivity index (χ4v) is 1.66. The van der Waals surface area contributed by atoms with E-state index in [0.29, 0.717) is 0 Å². The van der Waals surface area contributed by atoms with E-state index >= 15 is 0 Å². The first-order valence-corrected chi connectivity index (χ1v) is 4.90. The average molecular weight is 186 g/mol. The van der Waals surface area contributed by atoms with Crippen LogP contribution in [0.3, 0.4) is 0 Å². The Morgan fingerprint density at radius 2 is 2.21 bits per heavy atom. The van der Waals surface area contributed by atoms with Gasteiger partial charge in [0.15, 0.2) is 0 Å². The number of benzene rings is 1. The zero-order valence-corrected chi connectivity index (χ0v) is 8.58. The van der Waals surface area contributed by atoms with Crippen LogP contribution in [-0.2, 0) is 6.42 Å². The van der Waals surface area contributed by atoms with Crippen LogP contribution in [0.15, 0.2) is 36.1 Å². The summed E-state index contributed by atoms with van der Waals surface area (Å²) < 4.78 is 5.73. The van der Waals surface area contributed by atoms with Gasteiger partial charge in [0.1, 0.15) is 5.75 Å². The molecule has 2 rings (SSSR count). The van der Waals surface area contributed by atoms with Crippen LogP contribution in [0.5, 0.6) is 5.75 Å². The lowest BCUT2D eigenvalue weighted by Gasteiger charge is -2.17. The predicted molar refractivity (Wildman–Crippen MR) is 59.2 cm³/mol. The number of allylic oxidation sites excluding steroid dienone is 3. The largest absolute Gasteiger partial charge is 0.461 e. The standard InChI is InChI=1S/C13H14O/c1-3-5-11-6-4-7-12-9-8-10(2)14-13(11)12/h3-8H,9H2,1-2H3/b5-3+. The van der Waals surface area contributed by atoms with E-state index in [0.717, 1.165) is 23.5 Å². The van der Waals surface area contributed by atoms with Gasteiger partial charge < -0.3 is 4.74 Å². The van der Waals surface area contributed by atoms with Crippen LogP contribution in [-0.4, -0.2) is 0 Å². The molecule has 14 heavy (non-hydrogen) atoms. The minimum absolute atomic E-state index is 0.979. The fourth-order valence-electron chi connectivity index (χ4n) is 1.66. The number of para-hydroxylation sites is 1. The average Bonchev–Trinajstić information content (AvgIpc) is 2.19. The third kappa shape index (κ3) is 1.58. The van der Waals surface area contributed by atoms with Crippen molar-refractivity contribution in [1.82, 2.24) is 0 Å². The van der Waals surface area contributed by atoms with Crippen molar-refractivity contribution in [3.05, 3.63) is 47.2 Å². The Hall–Kier alpha value is -1.50. The van der Waals surface area contributed by atoms with E-state index in [1.54, 1.807) is 0 Å². The summed E-state index contributed by atoms with van der Waals surface area (Å²) in [4.78, 5) is 0. The van der Waals surface area contributed by atoms with Gasteiger partial charge in [0.05, 0.1) is 5.76 Å². The Morgan fingerprint density at radius 3 is 3.00 bits per heavy atom. The molecule has 0 fully saturated rings. The summed E-state index contributed by atoms with van der Waals surface area (Å²) in [6, 6.07) is 6.27. The van der Waals surface area contributed by atoms with E-state index in [1.807, 2.05) is 19.9 Å². The summed E-state index contributed by atoms with van der Waals surface area (Å²) >= 11 is 0. The molecule has 0 N–H and O–H groups in total. The summed E-state index contributed by atoms with van der Waals surface area (Å²) in [5, 5.41) is 0. The molecule has 0 spiro atoms. The molecule has 1 heterocycles. The van der Waals surface area contributed by atoms with E-state index in [2.05, 4.69) is 30.4 Å². The molecule has 72 valence electrons. The maximum atomic E-state index is 5.73. The van der Waals surface area contributed by atoms with Gasteiger partial charge in [-0.15, -0.1) is 0 Å². The number of ether oxygens (including phenoxy) is 1. The number of fused-ring (bicyclic) bond motifs is 1. The summed E-state index contributed by atoms with van der Waals surface area (Å²) in [5.41, 5.74) is 2.43. The number of rotatable bonds is 1. The maximum Gasteiger partial charge on any atom is 0.137 e. The van der Waals surface area contributed by atoms with Crippen molar-refractivity contribution >= 4 is 6.08 Å². The van der Waals surface area contributed by atoms with Crippen molar-refractivity contribution in [3.8, 4) is 5.75 Å². The molecule has 1 aromatic carbocycles. The topological polar surface area (TPSA) is 9.23 Å². The second-order valence-corrected chi connectivity index (χ2v) is 3.46. The van der Waals surface area contributed by atoms with Gasteiger partial charge in [-0.05, 0) is 31.9 Å². The molecule has 0 radical (unpaired) electrons. The van der Waals surface area contributed by atoms with E-state index in [4.69, 9.17) is 4.74 Å². The highest BCUT2D eigenvalue weighted by molar-refractivity contribution is 5.61. The van der Waals surface area contributed by atoms with Crippen LogP contribution in [0.2, 0.25) is 0 Å². The Labute approximate surface area is 84.7 Å². The summed E-state index contributed by atoms with van der Waals surface area (Å²) in [6.07, 6.45) is 7.21. The van der Waals surface area contributed by atoms with Crippen LogP contribution in [0.1, 0.15) is 25.0 Å². The maximum absolute atomic E-state index is 5.73. The molecule has 0 aromatic heterocycles. The fraction of sp³-hybridized carbons (Fsp3) is 0.231. The van der Waals surface area contributed by atoms with E-state index in [9.17, 15) is 0 Å². The highest BCUT2D eigenvalue weighted by Crippen LogP contribution is 2.30. The highest BCUT2D eigenvalue weighted by atomic mass is 16.5. The molecule has 0 atom stereocenters. The Balaban J connectivity index is 2.47. The van der Waals surface area contributed by atoms with Crippen LogP contribution < -0.4 is 4.74 Å². The summed E-state index contributed by atoms with van der Waals surface area (Å²) in [6.45, 7) is 4.01. The minimum Gasteiger partial charge on any atom is -0.461 e. The lowest BCUT2D eigenvalue weighted by molar-refractivity contribution is 0.411. The predicted octanol–water partition coefficient (Wildman–Crippen LogP) is 3.56. The quantitative estimate of drug-likeness (QED) is 0.651. The molecular weight excluding hydrogens is 172 g/mol. The van der Waals surface area contributed by atoms with Crippen molar-refractivity contribution in [3.63, 3.8) is 0 Å². The first-order chi connectivity index (χ1) is 6.81. The van der Waals surface area contributed by atoms with Gasteiger partial charge in [-0.25, -0.2) is 0 Å². The Bertz CT molecular complexity index is 400. The number of hydrogen-bond donors (Lipinski definition) is 0. The van der Waals surface area contributed by atoms with Crippen molar-refractivity contribution in [2.45, 2.75) is 20.3 Å². The van der Waals surface area contributed by atoms with Crippen LogP contribution in [0, 0.1) is 0 Å². The van der Waals surface area contributed by atoms with Crippen molar-refractivity contribution < 1.29 is 4.74 Å². The molecule has 0 amide bonds. The minimum atomic E-state index is 0.979. The molecule has 0 saturated heterocycles. The lowest BCUT2D eigenvalue weighted by atomic mass is 10.0. The SMILES string of the molecule is C/C=C/c1cccc2c1OC(C)=CC2. The molecule has 1 aromatic rings. The van der Waals surface area contributed by atoms with Crippen molar-refractivity contribution in [2.24, 2.45) is 0 Å². The molecular formula is C13H14O. The highest BCUT2D eigenvalue weighted by Gasteiger charge is 2.11. The molecule has 0 bridgehead atoms. The molecule has 1 aliphatic rings. The second kappa shape index (κ2) is 3.70. The molecule has 0 aliphatic carbocycles. The molecule has 1 nitrogen and oxygen atoms in total. The van der Waals surface area contributed by atoms with Gasteiger partial charge >= 0.3 is 0 Å². The molecule has 0 unspecified atom stereocenters. The summed E-state index contributed by atoms with van der Waals surface area (Å²) in [5.74, 6) is 2.01. The van der Waals surface area contributed by atoms with Gasteiger partial charge in [-0.3, -0.25) is 0 Å². The Kier molecular flexibility index (Phi) is 2.40. The van der Waals surface area contributed by atoms with E-state index in [-0.39, 0.29) is 0 Å². The third-order valence-electron chi connectivity index (χ3n) is 2.35. The molecule has 0 saturated carbocycles. The smallest absolute Gasteiger partial charge is 0.137 e. The van der Waals surface area contributed by atoms with Crippen LogP contribution in [0.4, 0.5) is 0 Å². The first-order valence-electron chi connectivity index (χ1n) is 4.90. The molecule has 1 heteroatoms. The van der Waals surface area contributed by atoms with E-state index < -0.39 is 0 Å². The zero-order valence-electron chi connectivity index (χ0n) is 8.58. The number of hydrogen-bond acceptors (Lipinski definition) is 1. The van der Waals surface area contributed by atoms with Crippen LogP contribution in [0.25, 0.3) is 6.08 Å².